The molecule has 1 atom stereocenters. The van der Waals surface area contributed by atoms with Gasteiger partial charge in [-0.2, -0.15) is 0 Å². The maximum absolute atomic E-state index is 11.2. The fourth-order valence-corrected chi connectivity index (χ4v) is 2.66. The quantitative estimate of drug-likeness (QED) is 0.684. The van der Waals surface area contributed by atoms with Gasteiger partial charge in [-0.3, -0.25) is 4.79 Å². The molecule has 0 amide bonds. The lowest BCUT2D eigenvalue weighted by molar-refractivity contribution is -0.137. The molecule has 4 nitrogen and oxygen atoms in total. The Labute approximate surface area is 154 Å². The van der Waals surface area contributed by atoms with Gasteiger partial charge in [0.05, 0.1) is 10.7 Å². The Morgan fingerprint density at radius 1 is 1.08 bits per heavy atom. The standard InChI is InChI=1S/C17H15Cl3N2O2/c1-9(15(21)17(23)24)16(10-2-4-11(18)5-3-10)22-14-7-6-12(19)8-13(14)20/h2-8,15,22H,21H2,1H3,(H,23,24)/b16-9-. The van der Waals surface area contributed by atoms with Crippen molar-refractivity contribution in [2.75, 3.05) is 5.32 Å². The van der Waals surface area contributed by atoms with E-state index in [0.717, 1.165) is 5.56 Å². The largest absolute Gasteiger partial charge is 0.480 e. The predicted octanol–water partition coefficient (Wildman–Crippen LogP) is 4.90. The van der Waals surface area contributed by atoms with Crippen molar-refractivity contribution < 1.29 is 9.90 Å². The average Bonchev–Trinajstić information content (AvgIpc) is 2.54. The summed E-state index contributed by atoms with van der Waals surface area (Å²) in [6.07, 6.45) is 0. The lowest BCUT2D eigenvalue weighted by Gasteiger charge is -2.19. The van der Waals surface area contributed by atoms with Crippen molar-refractivity contribution in [1.82, 2.24) is 0 Å². The van der Waals surface area contributed by atoms with Gasteiger partial charge in [-0.1, -0.05) is 46.9 Å². The first-order valence-electron chi connectivity index (χ1n) is 6.96. The Morgan fingerprint density at radius 2 is 1.67 bits per heavy atom. The Morgan fingerprint density at radius 3 is 2.21 bits per heavy atom. The minimum Gasteiger partial charge on any atom is -0.480 e. The number of aliphatic carboxylic acids is 1. The van der Waals surface area contributed by atoms with Gasteiger partial charge in [0.1, 0.15) is 6.04 Å². The molecule has 0 bridgehead atoms. The molecule has 0 aliphatic carbocycles. The second-order valence-electron chi connectivity index (χ2n) is 5.13. The van der Waals surface area contributed by atoms with Crippen LogP contribution in [0.25, 0.3) is 5.70 Å². The van der Waals surface area contributed by atoms with Crippen LogP contribution in [0.2, 0.25) is 15.1 Å². The first kappa shape index (κ1) is 18.6. The van der Waals surface area contributed by atoms with Crippen molar-refractivity contribution in [1.29, 1.82) is 0 Å². The number of carbonyl (C=O) groups is 1. The zero-order valence-electron chi connectivity index (χ0n) is 12.7. The van der Waals surface area contributed by atoms with Crippen LogP contribution in [-0.2, 0) is 4.79 Å². The van der Waals surface area contributed by atoms with Crippen molar-refractivity contribution in [2.45, 2.75) is 13.0 Å². The molecule has 0 aliphatic heterocycles. The molecule has 24 heavy (non-hydrogen) atoms. The van der Waals surface area contributed by atoms with Gasteiger partial charge >= 0.3 is 5.97 Å². The molecule has 0 aromatic heterocycles. The monoisotopic (exact) mass is 384 g/mol. The van der Waals surface area contributed by atoms with Gasteiger partial charge in [0, 0.05) is 15.7 Å². The summed E-state index contributed by atoms with van der Waals surface area (Å²) in [6, 6.07) is 10.8. The van der Waals surface area contributed by atoms with Gasteiger partial charge in [0.25, 0.3) is 0 Å². The van der Waals surface area contributed by atoms with E-state index in [4.69, 9.17) is 40.5 Å². The van der Waals surface area contributed by atoms with E-state index >= 15 is 0 Å². The molecule has 0 saturated carbocycles. The van der Waals surface area contributed by atoms with Crippen LogP contribution >= 0.6 is 34.8 Å². The SMILES string of the molecule is C/C(=C(/Nc1ccc(Cl)cc1Cl)c1ccc(Cl)cc1)C(N)C(=O)O. The highest BCUT2D eigenvalue weighted by Crippen LogP contribution is 2.30. The minimum atomic E-state index is -1.16. The molecule has 4 N–H and O–H groups in total. The Kier molecular flexibility index (Phi) is 6.13. The topological polar surface area (TPSA) is 75.3 Å². The van der Waals surface area contributed by atoms with Crippen LogP contribution < -0.4 is 11.1 Å². The summed E-state index contributed by atoms with van der Waals surface area (Å²) in [7, 11) is 0. The van der Waals surface area contributed by atoms with Crippen LogP contribution in [0.3, 0.4) is 0 Å². The first-order valence-corrected chi connectivity index (χ1v) is 8.10. The van der Waals surface area contributed by atoms with E-state index in [1.54, 1.807) is 49.4 Å². The Hall–Kier alpha value is -1.72. The zero-order valence-corrected chi connectivity index (χ0v) is 15.0. The van der Waals surface area contributed by atoms with E-state index < -0.39 is 12.0 Å². The number of hydrogen-bond acceptors (Lipinski definition) is 3. The van der Waals surface area contributed by atoms with Crippen LogP contribution in [0.4, 0.5) is 5.69 Å². The number of carboxylic acids is 1. The summed E-state index contributed by atoms with van der Waals surface area (Å²) in [4.78, 5) is 11.2. The fourth-order valence-electron chi connectivity index (χ4n) is 2.08. The molecule has 0 radical (unpaired) electrons. The molecule has 0 spiro atoms. The number of hydrogen-bond donors (Lipinski definition) is 3. The second-order valence-corrected chi connectivity index (χ2v) is 6.41. The highest BCUT2D eigenvalue weighted by atomic mass is 35.5. The average molecular weight is 386 g/mol. The normalized spacial score (nSPS) is 13.2. The number of benzene rings is 2. The Bertz CT molecular complexity index is 789. The highest BCUT2D eigenvalue weighted by Gasteiger charge is 2.19. The molecule has 7 heteroatoms. The molecule has 0 aliphatic rings. The van der Waals surface area contributed by atoms with Crippen LogP contribution in [0.5, 0.6) is 0 Å². The number of nitrogens with one attached hydrogen (secondary N) is 1. The molecule has 2 aromatic rings. The lowest BCUT2D eigenvalue weighted by atomic mass is 10.0. The molecule has 126 valence electrons. The summed E-state index contributed by atoms with van der Waals surface area (Å²) < 4.78 is 0. The summed E-state index contributed by atoms with van der Waals surface area (Å²) in [6.45, 7) is 1.65. The predicted molar refractivity (Wildman–Crippen MR) is 99.7 cm³/mol. The summed E-state index contributed by atoms with van der Waals surface area (Å²) in [5.41, 5.74) is 8.09. The van der Waals surface area contributed by atoms with E-state index in [1.807, 2.05) is 0 Å². The van der Waals surface area contributed by atoms with Crippen LogP contribution in [0.15, 0.2) is 48.0 Å². The van der Waals surface area contributed by atoms with Crippen molar-refractivity contribution in [2.24, 2.45) is 5.73 Å². The van der Waals surface area contributed by atoms with Crippen molar-refractivity contribution in [3.63, 3.8) is 0 Å². The van der Waals surface area contributed by atoms with E-state index in [-0.39, 0.29) is 0 Å². The van der Waals surface area contributed by atoms with E-state index in [2.05, 4.69) is 5.32 Å². The molecule has 1 unspecified atom stereocenters. The van der Waals surface area contributed by atoms with E-state index in [0.29, 0.717) is 32.0 Å². The zero-order chi connectivity index (χ0) is 17.9. The fraction of sp³-hybridized carbons (Fsp3) is 0.118. The maximum atomic E-state index is 11.2. The van der Waals surface area contributed by atoms with Gasteiger partial charge in [0.2, 0.25) is 0 Å². The number of anilines is 1. The van der Waals surface area contributed by atoms with Gasteiger partial charge in [-0.15, -0.1) is 0 Å². The third-order valence-electron chi connectivity index (χ3n) is 3.45. The number of carboxylic acid groups (broad SMARTS) is 1. The van der Waals surface area contributed by atoms with Gasteiger partial charge in [-0.25, -0.2) is 0 Å². The smallest absolute Gasteiger partial charge is 0.324 e. The van der Waals surface area contributed by atoms with Crippen LogP contribution in [0.1, 0.15) is 12.5 Å². The second kappa shape index (κ2) is 7.90. The van der Waals surface area contributed by atoms with E-state index in [9.17, 15) is 9.90 Å². The first-order chi connectivity index (χ1) is 11.3. The van der Waals surface area contributed by atoms with Crippen LogP contribution in [-0.4, -0.2) is 17.1 Å². The molecule has 2 rings (SSSR count). The summed E-state index contributed by atoms with van der Waals surface area (Å²) >= 11 is 18.0. The summed E-state index contributed by atoms with van der Waals surface area (Å²) in [5, 5.41) is 13.8. The van der Waals surface area contributed by atoms with Crippen molar-refractivity contribution in [3.05, 3.63) is 68.7 Å². The van der Waals surface area contributed by atoms with Crippen molar-refractivity contribution >= 4 is 52.2 Å². The number of nitrogens with two attached hydrogens (primary N) is 1. The molecule has 0 saturated heterocycles. The van der Waals surface area contributed by atoms with Crippen LogP contribution in [0, 0.1) is 0 Å². The van der Waals surface area contributed by atoms with Gasteiger partial charge < -0.3 is 16.2 Å². The molecule has 0 heterocycles. The van der Waals surface area contributed by atoms with Crippen molar-refractivity contribution in [3.8, 4) is 0 Å². The van der Waals surface area contributed by atoms with E-state index in [1.165, 1.54) is 0 Å². The lowest BCUT2D eigenvalue weighted by Crippen LogP contribution is -2.32. The molecule has 2 aromatic carbocycles. The highest BCUT2D eigenvalue weighted by molar-refractivity contribution is 6.36. The Balaban J connectivity index is 2.52. The third kappa shape index (κ3) is 4.42. The molecule has 0 fully saturated rings. The maximum Gasteiger partial charge on any atom is 0.324 e. The number of halogens is 3. The summed E-state index contributed by atoms with van der Waals surface area (Å²) in [5.74, 6) is -1.12. The molecular weight excluding hydrogens is 371 g/mol. The minimum absolute atomic E-state index is 0.408. The van der Waals surface area contributed by atoms with Gasteiger partial charge in [-0.05, 0) is 48.4 Å². The number of rotatable bonds is 5. The molecular formula is C17H15Cl3N2O2. The van der Waals surface area contributed by atoms with Gasteiger partial charge in [0.15, 0.2) is 0 Å². The third-order valence-corrected chi connectivity index (χ3v) is 4.25.